The minimum Gasteiger partial charge on any atom is -0.292 e. The number of hydrogen-bond donors (Lipinski definition) is 0. The smallest absolute Gasteiger partial charge is 0.186 e. The lowest BCUT2D eigenvalue weighted by atomic mass is 10.1. The van der Waals surface area contributed by atoms with E-state index in [1.165, 1.54) is 24.0 Å². The Morgan fingerprint density at radius 1 is 1.39 bits per heavy atom. The molecule has 0 aliphatic heterocycles. The highest BCUT2D eigenvalue weighted by Gasteiger charge is 2.19. The standard InChI is InChI=1S/C12H9ClF2N2O/c1-17-12(8(13)6-16-17)11(18)5-7-9(14)3-2-4-10(7)15/h2-4,6H,5H2,1H3. The summed E-state index contributed by atoms with van der Waals surface area (Å²) in [4.78, 5) is 11.9. The van der Waals surface area contributed by atoms with E-state index >= 15 is 0 Å². The van der Waals surface area contributed by atoms with E-state index in [-0.39, 0.29) is 16.3 Å². The molecular weight excluding hydrogens is 262 g/mol. The molecule has 0 aliphatic carbocycles. The van der Waals surface area contributed by atoms with Crippen LogP contribution in [0.1, 0.15) is 16.1 Å². The molecule has 0 saturated carbocycles. The summed E-state index contributed by atoms with van der Waals surface area (Å²) in [6, 6.07) is 3.46. The Morgan fingerprint density at radius 3 is 2.50 bits per heavy atom. The number of Topliss-reactive ketones (excluding diaryl/α,β-unsaturated/α-hetero) is 1. The Labute approximate surface area is 107 Å². The van der Waals surface area contributed by atoms with Gasteiger partial charge in [-0.25, -0.2) is 8.78 Å². The van der Waals surface area contributed by atoms with Gasteiger partial charge in [0.25, 0.3) is 0 Å². The largest absolute Gasteiger partial charge is 0.292 e. The first-order valence-electron chi connectivity index (χ1n) is 5.14. The molecule has 0 saturated heterocycles. The highest BCUT2D eigenvalue weighted by atomic mass is 35.5. The van der Waals surface area contributed by atoms with E-state index < -0.39 is 23.8 Å². The molecule has 0 amide bonds. The van der Waals surface area contributed by atoms with E-state index in [9.17, 15) is 13.6 Å². The summed E-state index contributed by atoms with van der Waals surface area (Å²) in [5.74, 6) is -1.98. The summed E-state index contributed by atoms with van der Waals surface area (Å²) in [7, 11) is 1.54. The van der Waals surface area contributed by atoms with E-state index in [0.717, 1.165) is 12.1 Å². The molecule has 3 nitrogen and oxygen atoms in total. The highest BCUT2D eigenvalue weighted by Crippen LogP contribution is 2.19. The van der Waals surface area contributed by atoms with Crippen molar-refractivity contribution in [1.29, 1.82) is 0 Å². The third-order valence-corrected chi connectivity index (χ3v) is 2.83. The van der Waals surface area contributed by atoms with Crippen LogP contribution in [-0.4, -0.2) is 15.6 Å². The Balaban J connectivity index is 2.33. The average Bonchev–Trinajstić information content (AvgIpc) is 2.64. The second-order valence-corrected chi connectivity index (χ2v) is 4.17. The fourth-order valence-electron chi connectivity index (χ4n) is 1.67. The van der Waals surface area contributed by atoms with Crippen molar-refractivity contribution in [3.8, 4) is 0 Å². The monoisotopic (exact) mass is 270 g/mol. The molecule has 1 heterocycles. The van der Waals surface area contributed by atoms with Crippen LogP contribution in [0.15, 0.2) is 24.4 Å². The first-order valence-corrected chi connectivity index (χ1v) is 5.52. The van der Waals surface area contributed by atoms with Gasteiger partial charge < -0.3 is 0 Å². The van der Waals surface area contributed by atoms with Crippen LogP contribution in [0, 0.1) is 11.6 Å². The number of ketones is 1. The molecule has 1 aromatic carbocycles. The van der Waals surface area contributed by atoms with Crippen molar-refractivity contribution in [3.63, 3.8) is 0 Å². The van der Waals surface area contributed by atoms with Crippen molar-refractivity contribution < 1.29 is 13.6 Å². The first kappa shape index (κ1) is 12.7. The van der Waals surface area contributed by atoms with Crippen molar-refractivity contribution in [2.24, 2.45) is 7.05 Å². The number of hydrogen-bond acceptors (Lipinski definition) is 2. The van der Waals surface area contributed by atoms with Crippen molar-refractivity contribution in [2.75, 3.05) is 0 Å². The fourth-order valence-corrected chi connectivity index (χ4v) is 1.94. The molecule has 0 N–H and O–H groups in total. The summed E-state index contributed by atoms with van der Waals surface area (Å²) in [5.41, 5.74) is -0.126. The second kappa shape index (κ2) is 4.86. The lowest BCUT2D eigenvalue weighted by Crippen LogP contribution is -2.12. The van der Waals surface area contributed by atoms with Crippen LogP contribution in [0.5, 0.6) is 0 Å². The third kappa shape index (κ3) is 2.26. The third-order valence-electron chi connectivity index (χ3n) is 2.56. The normalized spacial score (nSPS) is 10.7. The van der Waals surface area contributed by atoms with Crippen LogP contribution in [0.3, 0.4) is 0 Å². The number of aromatic nitrogens is 2. The molecule has 0 unspecified atom stereocenters. The van der Waals surface area contributed by atoms with Crippen molar-refractivity contribution in [2.45, 2.75) is 6.42 Å². The lowest BCUT2D eigenvalue weighted by Gasteiger charge is -2.05. The summed E-state index contributed by atoms with van der Waals surface area (Å²) < 4.78 is 28.1. The number of benzene rings is 1. The number of nitrogens with zero attached hydrogens (tertiary/aromatic N) is 2. The SMILES string of the molecule is Cn1ncc(Cl)c1C(=O)Cc1c(F)cccc1F. The van der Waals surface area contributed by atoms with Crippen molar-refractivity contribution in [1.82, 2.24) is 9.78 Å². The Morgan fingerprint density at radius 2 is 2.00 bits per heavy atom. The van der Waals surface area contributed by atoms with Gasteiger partial charge in [-0.2, -0.15) is 5.10 Å². The number of halogens is 3. The molecule has 0 fully saturated rings. The van der Waals surface area contributed by atoms with Crippen LogP contribution < -0.4 is 0 Å². The topological polar surface area (TPSA) is 34.9 Å². The molecule has 1 aromatic heterocycles. The van der Waals surface area contributed by atoms with Gasteiger partial charge in [-0.15, -0.1) is 0 Å². The van der Waals surface area contributed by atoms with E-state index in [4.69, 9.17) is 11.6 Å². The molecule has 0 radical (unpaired) electrons. The van der Waals surface area contributed by atoms with Gasteiger partial charge in [0.05, 0.1) is 11.2 Å². The maximum absolute atomic E-state index is 13.4. The molecule has 6 heteroatoms. The van der Waals surface area contributed by atoms with Crippen LogP contribution in [0.2, 0.25) is 5.02 Å². The number of carbonyl (C=O) groups is 1. The highest BCUT2D eigenvalue weighted by molar-refractivity contribution is 6.33. The van der Waals surface area contributed by atoms with Crippen molar-refractivity contribution >= 4 is 17.4 Å². The summed E-state index contributed by atoms with van der Waals surface area (Å²) in [6.07, 6.45) is 0.921. The zero-order chi connectivity index (χ0) is 13.3. The molecule has 0 spiro atoms. The minimum absolute atomic E-state index is 0.138. The number of rotatable bonds is 3. The summed E-state index contributed by atoms with van der Waals surface area (Å²) in [6.45, 7) is 0. The van der Waals surface area contributed by atoms with Gasteiger partial charge in [0.2, 0.25) is 0 Å². The van der Waals surface area contributed by atoms with E-state index in [1.54, 1.807) is 0 Å². The zero-order valence-electron chi connectivity index (χ0n) is 9.45. The summed E-state index contributed by atoms with van der Waals surface area (Å²) in [5, 5.41) is 3.97. The van der Waals surface area contributed by atoms with Gasteiger partial charge in [-0.3, -0.25) is 9.48 Å². The average molecular weight is 271 g/mol. The second-order valence-electron chi connectivity index (χ2n) is 3.76. The molecular formula is C12H9ClF2N2O. The van der Waals surface area contributed by atoms with Gasteiger partial charge in [0.1, 0.15) is 17.3 Å². The van der Waals surface area contributed by atoms with Crippen LogP contribution in [-0.2, 0) is 13.5 Å². The quantitative estimate of drug-likeness (QED) is 0.804. The molecule has 0 bridgehead atoms. The molecule has 0 atom stereocenters. The molecule has 94 valence electrons. The molecule has 2 rings (SSSR count). The van der Waals surface area contributed by atoms with E-state index in [0.29, 0.717) is 0 Å². The minimum atomic E-state index is -0.748. The maximum Gasteiger partial charge on any atom is 0.186 e. The number of aryl methyl sites for hydroxylation is 1. The zero-order valence-corrected chi connectivity index (χ0v) is 10.2. The van der Waals surface area contributed by atoms with E-state index in [2.05, 4.69) is 5.10 Å². The summed E-state index contributed by atoms with van der Waals surface area (Å²) >= 11 is 5.79. The maximum atomic E-state index is 13.4. The molecule has 0 aliphatic rings. The van der Waals surface area contributed by atoms with Gasteiger partial charge >= 0.3 is 0 Å². The van der Waals surface area contributed by atoms with Gasteiger partial charge in [-0.05, 0) is 12.1 Å². The van der Waals surface area contributed by atoms with Gasteiger partial charge in [-0.1, -0.05) is 17.7 Å². The van der Waals surface area contributed by atoms with Crippen molar-refractivity contribution in [3.05, 3.63) is 52.3 Å². The predicted octanol–water partition coefficient (Wildman–Crippen LogP) is 2.78. The van der Waals surface area contributed by atoms with Crippen LogP contribution in [0.4, 0.5) is 8.78 Å². The predicted molar refractivity (Wildman–Crippen MR) is 62.6 cm³/mol. The van der Waals surface area contributed by atoms with Gasteiger partial charge in [0, 0.05) is 19.0 Å². The van der Waals surface area contributed by atoms with Gasteiger partial charge in [0.15, 0.2) is 5.78 Å². The Hall–Kier alpha value is -1.75. The lowest BCUT2D eigenvalue weighted by molar-refractivity contribution is 0.0981. The Kier molecular flexibility index (Phi) is 3.43. The number of carbonyl (C=O) groups excluding carboxylic acids is 1. The molecule has 18 heavy (non-hydrogen) atoms. The van der Waals surface area contributed by atoms with Crippen LogP contribution >= 0.6 is 11.6 Å². The van der Waals surface area contributed by atoms with Crippen LogP contribution in [0.25, 0.3) is 0 Å². The van der Waals surface area contributed by atoms with E-state index in [1.807, 2.05) is 0 Å². The fraction of sp³-hybridized carbons (Fsp3) is 0.167. The Bertz CT molecular complexity index is 570. The molecule has 2 aromatic rings. The first-order chi connectivity index (χ1) is 8.50.